The summed E-state index contributed by atoms with van der Waals surface area (Å²) in [6, 6.07) is 7.81. The fourth-order valence-electron chi connectivity index (χ4n) is 2.36. The maximum atomic E-state index is 11.5. The Morgan fingerprint density at radius 1 is 1.25 bits per heavy atom. The summed E-state index contributed by atoms with van der Waals surface area (Å²) >= 11 is 5.06. The zero-order chi connectivity index (χ0) is 14.8. The summed E-state index contributed by atoms with van der Waals surface area (Å²) in [6.45, 7) is 3.25. The molecule has 0 spiro atoms. The number of hydrogen-bond donors (Lipinski definition) is 1. The van der Waals surface area contributed by atoms with Crippen LogP contribution in [0.4, 0.5) is 0 Å². The van der Waals surface area contributed by atoms with Crippen LogP contribution in [-0.2, 0) is 16.6 Å². The van der Waals surface area contributed by atoms with Gasteiger partial charge in [-0.1, -0.05) is 36.5 Å². The second-order valence-electron chi connectivity index (χ2n) is 4.96. The fraction of sp³-hybridized carbons (Fsp3) is 0.462. The number of piperazine rings is 1. The van der Waals surface area contributed by atoms with E-state index in [0.29, 0.717) is 18.1 Å². The Balaban J connectivity index is 2.02. The average Bonchev–Trinajstić information content (AvgIpc) is 2.38. The third-order valence-corrected chi connectivity index (χ3v) is 5.00. The summed E-state index contributed by atoms with van der Waals surface area (Å²) < 4.78 is 24.5. The quantitative estimate of drug-likeness (QED) is 0.815. The first-order valence-electron chi connectivity index (χ1n) is 6.43. The van der Waals surface area contributed by atoms with Gasteiger partial charge < -0.3 is 5.73 Å². The second kappa shape index (κ2) is 6.17. The molecule has 7 heteroatoms. The highest BCUT2D eigenvalue weighted by Gasteiger charge is 2.23. The van der Waals surface area contributed by atoms with Gasteiger partial charge in [-0.3, -0.25) is 4.90 Å². The van der Waals surface area contributed by atoms with E-state index in [2.05, 4.69) is 4.90 Å². The SMILES string of the molecule is CS(=O)(=O)N1CCN(Cc2ccccc2C(N)=S)CC1. The van der Waals surface area contributed by atoms with E-state index in [-0.39, 0.29) is 0 Å². The summed E-state index contributed by atoms with van der Waals surface area (Å²) in [5.74, 6) is 0. The lowest BCUT2D eigenvalue weighted by molar-refractivity contribution is 0.182. The molecule has 1 aromatic carbocycles. The van der Waals surface area contributed by atoms with Gasteiger partial charge in [0.05, 0.1) is 6.26 Å². The van der Waals surface area contributed by atoms with Crippen LogP contribution in [0.25, 0.3) is 0 Å². The molecule has 1 heterocycles. The predicted molar refractivity (Wildman–Crippen MR) is 84.0 cm³/mol. The molecule has 0 bridgehead atoms. The lowest BCUT2D eigenvalue weighted by atomic mass is 10.1. The number of rotatable bonds is 4. The van der Waals surface area contributed by atoms with Crippen LogP contribution in [0.5, 0.6) is 0 Å². The van der Waals surface area contributed by atoms with Gasteiger partial charge in [0.1, 0.15) is 4.99 Å². The van der Waals surface area contributed by atoms with Crippen LogP contribution < -0.4 is 5.73 Å². The van der Waals surface area contributed by atoms with Crippen LogP contribution in [0.3, 0.4) is 0 Å². The topological polar surface area (TPSA) is 66.6 Å². The fourth-order valence-corrected chi connectivity index (χ4v) is 3.38. The zero-order valence-electron chi connectivity index (χ0n) is 11.4. The van der Waals surface area contributed by atoms with E-state index in [0.717, 1.165) is 30.8 Å². The minimum absolute atomic E-state index is 0.398. The van der Waals surface area contributed by atoms with E-state index in [1.165, 1.54) is 10.6 Å². The van der Waals surface area contributed by atoms with Crippen LogP contribution in [-0.4, -0.2) is 55.0 Å². The Morgan fingerprint density at radius 2 is 1.85 bits per heavy atom. The molecule has 0 radical (unpaired) electrons. The lowest BCUT2D eigenvalue weighted by Gasteiger charge is -2.33. The highest BCUT2D eigenvalue weighted by molar-refractivity contribution is 7.88. The van der Waals surface area contributed by atoms with Gasteiger partial charge in [-0.15, -0.1) is 0 Å². The van der Waals surface area contributed by atoms with E-state index in [4.69, 9.17) is 18.0 Å². The molecule has 0 saturated carbocycles. The summed E-state index contributed by atoms with van der Waals surface area (Å²) in [5.41, 5.74) is 7.71. The Morgan fingerprint density at radius 3 is 2.40 bits per heavy atom. The van der Waals surface area contributed by atoms with Crippen molar-refractivity contribution in [3.63, 3.8) is 0 Å². The van der Waals surface area contributed by atoms with Gasteiger partial charge in [0.25, 0.3) is 0 Å². The van der Waals surface area contributed by atoms with Gasteiger partial charge in [0, 0.05) is 38.3 Å². The number of thiocarbonyl (C=S) groups is 1. The van der Waals surface area contributed by atoms with Crippen molar-refractivity contribution in [2.75, 3.05) is 32.4 Å². The standard InChI is InChI=1S/C13H19N3O2S2/c1-20(17,18)16-8-6-15(7-9-16)10-11-4-2-3-5-12(11)13(14)19/h2-5H,6-10H2,1H3,(H2,14,19). The van der Waals surface area contributed by atoms with E-state index < -0.39 is 10.0 Å². The van der Waals surface area contributed by atoms with Crippen molar-refractivity contribution in [1.29, 1.82) is 0 Å². The van der Waals surface area contributed by atoms with Gasteiger partial charge in [-0.2, -0.15) is 4.31 Å². The van der Waals surface area contributed by atoms with Crippen LogP contribution in [0.2, 0.25) is 0 Å². The number of nitrogens with zero attached hydrogens (tertiary/aromatic N) is 2. The molecule has 1 aromatic rings. The number of benzene rings is 1. The van der Waals surface area contributed by atoms with Crippen LogP contribution >= 0.6 is 12.2 Å². The van der Waals surface area contributed by atoms with Gasteiger partial charge in [0.15, 0.2) is 0 Å². The molecule has 0 atom stereocenters. The van der Waals surface area contributed by atoms with Gasteiger partial charge in [0.2, 0.25) is 10.0 Å². The Bertz CT molecular complexity index is 593. The summed E-state index contributed by atoms with van der Waals surface area (Å²) in [7, 11) is -3.08. The molecule has 2 N–H and O–H groups in total. The monoisotopic (exact) mass is 313 g/mol. The van der Waals surface area contributed by atoms with E-state index >= 15 is 0 Å². The summed E-state index contributed by atoms with van der Waals surface area (Å²) in [5, 5.41) is 0. The number of hydrogen-bond acceptors (Lipinski definition) is 4. The molecule has 1 fully saturated rings. The van der Waals surface area contributed by atoms with Gasteiger partial charge in [-0.05, 0) is 5.56 Å². The molecular formula is C13H19N3O2S2. The molecule has 5 nitrogen and oxygen atoms in total. The second-order valence-corrected chi connectivity index (χ2v) is 7.38. The Kier molecular flexibility index (Phi) is 4.74. The zero-order valence-corrected chi connectivity index (χ0v) is 13.1. The smallest absolute Gasteiger partial charge is 0.211 e. The first-order chi connectivity index (χ1) is 9.38. The Hall–Kier alpha value is -1.02. The van der Waals surface area contributed by atoms with Crippen LogP contribution in [0, 0.1) is 0 Å². The minimum atomic E-state index is -3.08. The number of sulfonamides is 1. The molecule has 0 aromatic heterocycles. The van der Waals surface area contributed by atoms with Crippen LogP contribution in [0.15, 0.2) is 24.3 Å². The molecule has 20 heavy (non-hydrogen) atoms. The molecular weight excluding hydrogens is 294 g/mol. The third kappa shape index (κ3) is 3.76. The molecule has 2 rings (SSSR count). The van der Waals surface area contributed by atoms with Crippen molar-refractivity contribution in [3.05, 3.63) is 35.4 Å². The highest BCUT2D eigenvalue weighted by atomic mass is 32.2. The maximum Gasteiger partial charge on any atom is 0.211 e. The molecule has 0 aliphatic carbocycles. The first kappa shape index (κ1) is 15.4. The van der Waals surface area contributed by atoms with Crippen LogP contribution in [0.1, 0.15) is 11.1 Å². The van der Waals surface area contributed by atoms with E-state index in [1.54, 1.807) is 0 Å². The normalized spacial score (nSPS) is 18.1. The van der Waals surface area contributed by atoms with Crippen molar-refractivity contribution in [3.8, 4) is 0 Å². The van der Waals surface area contributed by atoms with Crippen molar-refractivity contribution in [1.82, 2.24) is 9.21 Å². The summed E-state index contributed by atoms with van der Waals surface area (Å²) in [6.07, 6.45) is 1.25. The van der Waals surface area contributed by atoms with E-state index in [1.807, 2.05) is 24.3 Å². The maximum absolute atomic E-state index is 11.5. The Labute approximate surface area is 125 Å². The van der Waals surface area contributed by atoms with Crippen molar-refractivity contribution < 1.29 is 8.42 Å². The van der Waals surface area contributed by atoms with E-state index in [9.17, 15) is 8.42 Å². The molecule has 0 unspecified atom stereocenters. The van der Waals surface area contributed by atoms with Gasteiger partial charge in [-0.25, -0.2) is 8.42 Å². The molecule has 0 amide bonds. The number of nitrogens with two attached hydrogens (primary N) is 1. The largest absolute Gasteiger partial charge is 0.389 e. The minimum Gasteiger partial charge on any atom is -0.389 e. The highest BCUT2D eigenvalue weighted by Crippen LogP contribution is 2.14. The lowest BCUT2D eigenvalue weighted by Crippen LogP contribution is -2.47. The van der Waals surface area contributed by atoms with Crippen molar-refractivity contribution >= 4 is 27.2 Å². The van der Waals surface area contributed by atoms with Gasteiger partial charge >= 0.3 is 0 Å². The average molecular weight is 313 g/mol. The van der Waals surface area contributed by atoms with Crippen molar-refractivity contribution in [2.45, 2.75) is 6.54 Å². The van der Waals surface area contributed by atoms with Crippen molar-refractivity contribution in [2.24, 2.45) is 5.73 Å². The third-order valence-electron chi connectivity index (χ3n) is 3.48. The molecule has 1 aliphatic rings. The molecule has 1 saturated heterocycles. The first-order valence-corrected chi connectivity index (χ1v) is 8.69. The molecule has 1 aliphatic heterocycles. The summed E-state index contributed by atoms with van der Waals surface area (Å²) in [4.78, 5) is 2.62. The predicted octanol–water partition coefficient (Wildman–Crippen LogP) is 0.398. The molecule has 110 valence electrons.